The second-order valence-corrected chi connectivity index (χ2v) is 4.21. The number of aliphatic hydroxyl groups is 2. The van der Waals surface area contributed by atoms with Crippen LogP contribution in [0.25, 0.3) is 0 Å². The van der Waals surface area contributed by atoms with Crippen LogP contribution in [0.4, 0.5) is 14.9 Å². The first-order chi connectivity index (χ1) is 8.02. The van der Waals surface area contributed by atoms with Gasteiger partial charge in [-0.1, -0.05) is 15.9 Å². The third-order valence-electron chi connectivity index (χ3n) is 1.89. The van der Waals surface area contributed by atoms with Gasteiger partial charge in [0.2, 0.25) is 0 Å². The van der Waals surface area contributed by atoms with E-state index >= 15 is 0 Å². The van der Waals surface area contributed by atoms with Crippen LogP contribution in [-0.4, -0.2) is 35.5 Å². The number of carbonyl (C=O) groups excluding carboxylic acids is 1. The lowest BCUT2D eigenvalue weighted by Crippen LogP contribution is -2.36. The highest BCUT2D eigenvalue weighted by molar-refractivity contribution is 9.10. The molecule has 0 fully saturated rings. The van der Waals surface area contributed by atoms with Crippen molar-refractivity contribution in [1.29, 1.82) is 0 Å². The zero-order valence-electron chi connectivity index (χ0n) is 8.78. The zero-order chi connectivity index (χ0) is 12.8. The Morgan fingerprint density at radius 3 is 2.88 bits per heavy atom. The van der Waals surface area contributed by atoms with E-state index in [0.717, 1.165) is 0 Å². The summed E-state index contributed by atoms with van der Waals surface area (Å²) in [5.74, 6) is -0.564. The summed E-state index contributed by atoms with van der Waals surface area (Å²) in [6.07, 6.45) is -1.03. The van der Waals surface area contributed by atoms with Crippen LogP contribution < -0.4 is 10.6 Å². The van der Waals surface area contributed by atoms with Gasteiger partial charge < -0.3 is 20.8 Å². The maximum atomic E-state index is 13.2. The fourth-order valence-electron chi connectivity index (χ4n) is 1.03. The van der Waals surface area contributed by atoms with Crippen LogP contribution >= 0.6 is 15.9 Å². The summed E-state index contributed by atoms with van der Waals surface area (Å²) in [6, 6.07) is 3.47. The molecule has 0 heterocycles. The number of aliphatic hydroxyl groups excluding tert-OH is 2. The van der Waals surface area contributed by atoms with Crippen molar-refractivity contribution in [2.75, 3.05) is 18.5 Å². The largest absolute Gasteiger partial charge is 0.394 e. The first-order valence-electron chi connectivity index (χ1n) is 4.81. The molecule has 0 radical (unpaired) electrons. The van der Waals surface area contributed by atoms with Crippen molar-refractivity contribution in [3.05, 3.63) is 28.5 Å². The number of benzene rings is 1. The molecule has 94 valence electrons. The van der Waals surface area contributed by atoms with Crippen LogP contribution in [0.3, 0.4) is 0 Å². The molecule has 1 rings (SSSR count). The molecule has 17 heavy (non-hydrogen) atoms. The highest BCUT2D eigenvalue weighted by Crippen LogP contribution is 2.19. The average Bonchev–Trinajstić information content (AvgIpc) is 2.30. The van der Waals surface area contributed by atoms with Crippen LogP contribution in [0.2, 0.25) is 0 Å². The van der Waals surface area contributed by atoms with Crippen molar-refractivity contribution in [2.24, 2.45) is 0 Å². The van der Waals surface area contributed by atoms with Gasteiger partial charge in [-0.3, -0.25) is 0 Å². The van der Waals surface area contributed by atoms with Crippen LogP contribution in [0.15, 0.2) is 22.7 Å². The molecule has 0 bridgehead atoms. The average molecular weight is 307 g/mol. The molecule has 0 spiro atoms. The lowest BCUT2D eigenvalue weighted by atomic mass is 10.3. The Balaban J connectivity index is 2.53. The van der Waals surface area contributed by atoms with E-state index in [0.29, 0.717) is 4.47 Å². The monoisotopic (exact) mass is 306 g/mol. The lowest BCUT2D eigenvalue weighted by molar-refractivity contribution is 0.0965. The highest BCUT2D eigenvalue weighted by Gasteiger charge is 2.08. The number of anilines is 1. The highest BCUT2D eigenvalue weighted by atomic mass is 79.9. The van der Waals surface area contributed by atoms with Crippen molar-refractivity contribution in [3.63, 3.8) is 0 Å². The minimum Gasteiger partial charge on any atom is -0.394 e. The van der Waals surface area contributed by atoms with Gasteiger partial charge >= 0.3 is 6.03 Å². The van der Waals surface area contributed by atoms with E-state index in [1.54, 1.807) is 0 Å². The predicted octanol–water partition coefficient (Wildman–Crippen LogP) is 1.06. The first kappa shape index (κ1) is 13.9. The van der Waals surface area contributed by atoms with E-state index in [9.17, 15) is 9.18 Å². The van der Waals surface area contributed by atoms with Crippen molar-refractivity contribution in [1.82, 2.24) is 5.32 Å². The maximum Gasteiger partial charge on any atom is 0.319 e. The molecular weight excluding hydrogens is 295 g/mol. The van der Waals surface area contributed by atoms with Gasteiger partial charge in [0.25, 0.3) is 0 Å². The van der Waals surface area contributed by atoms with Crippen LogP contribution in [-0.2, 0) is 0 Å². The molecule has 1 aromatic rings. The van der Waals surface area contributed by atoms with Crippen LogP contribution in [0.1, 0.15) is 0 Å². The molecule has 7 heteroatoms. The van der Waals surface area contributed by atoms with Gasteiger partial charge in [-0.05, 0) is 18.2 Å². The third kappa shape index (κ3) is 4.68. The van der Waals surface area contributed by atoms with Crippen LogP contribution in [0, 0.1) is 5.82 Å². The number of rotatable bonds is 4. The molecular formula is C10H12BrFN2O3. The van der Waals surface area contributed by atoms with Gasteiger partial charge in [0.05, 0.1) is 18.4 Å². The Kier molecular flexibility index (Phi) is 5.33. The number of hydrogen-bond acceptors (Lipinski definition) is 3. The quantitative estimate of drug-likeness (QED) is 0.671. The molecule has 1 aromatic carbocycles. The summed E-state index contributed by atoms with van der Waals surface area (Å²) in [5, 5.41) is 22.1. The van der Waals surface area contributed by atoms with E-state index < -0.39 is 24.6 Å². The number of urea groups is 1. The topological polar surface area (TPSA) is 81.6 Å². The fourth-order valence-corrected chi connectivity index (χ4v) is 1.40. The number of carbonyl (C=O) groups is 1. The van der Waals surface area contributed by atoms with Gasteiger partial charge in [0, 0.05) is 11.0 Å². The molecule has 0 saturated heterocycles. The summed E-state index contributed by atoms with van der Waals surface area (Å²) in [7, 11) is 0. The van der Waals surface area contributed by atoms with Crippen molar-refractivity contribution in [3.8, 4) is 0 Å². The summed E-state index contributed by atoms with van der Waals surface area (Å²) in [5.41, 5.74) is 0.0235. The molecule has 1 atom stereocenters. The second-order valence-electron chi connectivity index (χ2n) is 3.30. The van der Waals surface area contributed by atoms with Crippen molar-refractivity contribution in [2.45, 2.75) is 6.10 Å². The third-order valence-corrected chi connectivity index (χ3v) is 2.38. The van der Waals surface area contributed by atoms with Crippen molar-refractivity contribution < 1.29 is 19.4 Å². The van der Waals surface area contributed by atoms with E-state index in [-0.39, 0.29) is 12.2 Å². The summed E-state index contributed by atoms with van der Waals surface area (Å²) >= 11 is 3.15. The van der Waals surface area contributed by atoms with Gasteiger partial charge in [-0.15, -0.1) is 0 Å². The SMILES string of the molecule is O=C(NC[C@H](O)CO)Nc1cc(Br)ccc1F. The molecule has 0 unspecified atom stereocenters. The smallest absolute Gasteiger partial charge is 0.319 e. The minimum atomic E-state index is -1.03. The Bertz CT molecular complexity index is 403. The summed E-state index contributed by atoms with van der Waals surface area (Å²) in [4.78, 5) is 11.3. The molecule has 0 aliphatic rings. The Labute approximate surface area is 106 Å². The van der Waals surface area contributed by atoms with E-state index in [2.05, 4.69) is 26.6 Å². The number of hydrogen-bond donors (Lipinski definition) is 4. The molecule has 0 aliphatic carbocycles. The lowest BCUT2D eigenvalue weighted by Gasteiger charge is -2.11. The van der Waals surface area contributed by atoms with Crippen molar-refractivity contribution >= 4 is 27.6 Å². The summed E-state index contributed by atoms with van der Waals surface area (Å²) < 4.78 is 13.9. The molecule has 0 aromatic heterocycles. The van der Waals surface area contributed by atoms with Gasteiger partial charge in [0.1, 0.15) is 5.82 Å². The number of nitrogens with one attached hydrogen (secondary N) is 2. The molecule has 2 amide bonds. The van der Waals surface area contributed by atoms with Gasteiger partial charge in [-0.25, -0.2) is 9.18 Å². The standard InChI is InChI=1S/C10H12BrFN2O3/c11-6-1-2-8(12)9(3-6)14-10(17)13-4-7(16)5-15/h1-3,7,15-16H,4-5H2,(H2,13,14,17)/t7-/m0/s1. The molecule has 5 nitrogen and oxygen atoms in total. The Morgan fingerprint density at radius 1 is 1.53 bits per heavy atom. The maximum absolute atomic E-state index is 13.2. The molecule has 0 saturated carbocycles. The van der Waals surface area contributed by atoms with E-state index in [1.807, 2.05) is 0 Å². The van der Waals surface area contributed by atoms with E-state index in [4.69, 9.17) is 10.2 Å². The first-order valence-corrected chi connectivity index (χ1v) is 5.61. The molecule has 4 N–H and O–H groups in total. The van der Waals surface area contributed by atoms with Gasteiger partial charge in [0.15, 0.2) is 0 Å². The number of halogens is 2. The Morgan fingerprint density at radius 2 is 2.24 bits per heavy atom. The molecule has 0 aliphatic heterocycles. The minimum absolute atomic E-state index is 0.0235. The van der Waals surface area contributed by atoms with E-state index in [1.165, 1.54) is 18.2 Å². The fraction of sp³-hybridized carbons (Fsp3) is 0.300. The second kappa shape index (κ2) is 6.53. The Hall–Kier alpha value is -1.18. The predicted molar refractivity (Wildman–Crippen MR) is 64.2 cm³/mol. The normalized spacial score (nSPS) is 12.0. The zero-order valence-corrected chi connectivity index (χ0v) is 10.4. The number of amides is 2. The summed E-state index contributed by atoms with van der Waals surface area (Å²) in [6.45, 7) is -0.566. The van der Waals surface area contributed by atoms with Gasteiger partial charge in [-0.2, -0.15) is 0 Å². The van der Waals surface area contributed by atoms with Crippen LogP contribution in [0.5, 0.6) is 0 Å².